The number of H-pyrrole nitrogens is 1. The molecule has 2 N–H and O–H groups in total. The van der Waals surface area contributed by atoms with Crippen molar-refractivity contribution in [2.75, 3.05) is 32.6 Å². The second kappa shape index (κ2) is 10.3. The van der Waals surface area contributed by atoms with E-state index in [2.05, 4.69) is 20.5 Å². The third-order valence-corrected chi connectivity index (χ3v) is 5.80. The standard InChI is InChI=1S/C24H26FN5O4/c1-33-18-9-10-19(20(13-18)34-2)22-26-24(29-28-22)27-23(32)16-4-3-11-30(14-16)21(31)12-15-5-7-17(25)8-6-15/h5-10,13,16H,3-4,11-12,14H2,1-2H3,(H2,26,27,28,29,32). The summed E-state index contributed by atoms with van der Waals surface area (Å²) < 4.78 is 23.7. The van der Waals surface area contributed by atoms with Crippen LogP contribution < -0.4 is 14.8 Å². The summed E-state index contributed by atoms with van der Waals surface area (Å²) in [7, 11) is 3.11. The van der Waals surface area contributed by atoms with Crippen LogP contribution in [0.4, 0.5) is 10.3 Å². The third-order valence-electron chi connectivity index (χ3n) is 5.80. The number of carbonyl (C=O) groups is 2. The molecule has 1 atom stereocenters. The summed E-state index contributed by atoms with van der Waals surface area (Å²) in [5, 5.41) is 9.65. The van der Waals surface area contributed by atoms with Gasteiger partial charge in [-0.3, -0.25) is 20.0 Å². The summed E-state index contributed by atoms with van der Waals surface area (Å²) in [6.07, 6.45) is 1.55. The Labute approximate surface area is 196 Å². The molecule has 2 aromatic carbocycles. The summed E-state index contributed by atoms with van der Waals surface area (Å²) >= 11 is 0. The number of hydrogen-bond donors (Lipinski definition) is 2. The maximum Gasteiger partial charge on any atom is 0.249 e. The molecule has 10 heteroatoms. The van der Waals surface area contributed by atoms with E-state index in [1.165, 1.54) is 12.1 Å². The number of amides is 2. The van der Waals surface area contributed by atoms with E-state index in [0.29, 0.717) is 42.4 Å². The Morgan fingerprint density at radius 2 is 1.97 bits per heavy atom. The summed E-state index contributed by atoms with van der Waals surface area (Å²) in [6.45, 7) is 0.904. The topological polar surface area (TPSA) is 109 Å². The molecule has 1 aliphatic heterocycles. The highest BCUT2D eigenvalue weighted by Crippen LogP contribution is 2.31. The van der Waals surface area contributed by atoms with Crippen molar-refractivity contribution in [2.24, 2.45) is 5.92 Å². The molecule has 0 spiro atoms. The first-order valence-corrected chi connectivity index (χ1v) is 10.9. The monoisotopic (exact) mass is 467 g/mol. The van der Waals surface area contributed by atoms with Crippen LogP contribution in [0.25, 0.3) is 11.4 Å². The zero-order valence-corrected chi connectivity index (χ0v) is 19.0. The molecule has 3 aromatic rings. The average molecular weight is 468 g/mol. The second-order valence-corrected chi connectivity index (χ2v) is 8.05. The van der Waals surface area contributed by atoms with Gasteiger partial charge < -0.3 is 14.4 Å². The smallest absolute Gasteiger partial charge is 0.249 e. The van der Waals surface area contributed by atoms with E-state index in [-0.39, 0.29) is 35.9 Å². The maximum absolute atomic E-state index is 13.1. The lowest BCUT2D eigenvalue weighted by molar-refractivity contribution is -0.133. The predicted octanol–water partition coefficient (Wildman–Crippen LogP) is 3.05. The lowest BCUT2D eigenvalue weighted by Gasteiger charge is -2.32. The first kappa shape index (κ1) is 23.2. The van der Waals surface area contributed by atoms with E-state index in [1.807, 2.05) is 0 Å². The van der Waals surface area contributed by atoms with Gasteiger partial charge in [-0.25, -0.2) is 4.39 Å². The molecule has 9 nitrogen and oxygen atoms in total. The second-order valence-electron chi connectivity index (χ2n) is 8.05. The van der Waals surface area contributed by atoms with Crippen molar-refractivity contribution in [2.45, 2.75) is 19.3 Å². The lowest BCUT2D eigenvalue weighted by Crippen LogP contribution is -2.44. The number of likely N-dealkylation sites (tertiary alicyclic amines) is 1. The van der Waals surface area contributed by atoms with Crippen LogP contribution >= 0.6 is 0 Å². The van der Waals surface area contributed by atoms with Crippen molar-refractivity contribution in [1.82, 2.24) is 20.1 Å². The van der Waals surface area contributed by atoms with Crippen molar-refractivity contribution in [3.05, 3.63) is 53.8 Å². The minimum atomic E-state index is -0.372. The Hall–Kier alpha value is -3.95. The molecule has 1 aliphatic rings. The number of benzene rings is 2. The molecule has 1 saturated heterocycles. The Balaban J connectivity index is 1.38. The van der Waals surface area contributed by atoms with Gasteiger partial charge in [0.25, 0.3) is 0 Å². The van der Waals surface area contributed by atoms with Crippen LogP contribution in [0.5, 0.6) is 11.5 Å². The number of nitrogens with zero attached hydrogens (tertiary/aromatic N) is 3. The fourth-order valence-corrected chi connectivity index (χ4v) is 3.95. The first-order chi connectivity index (χ1) is 16.5. The molecule has 1 unspecified atom stereocenters. The van der Waals surface area contributed by atoms with Crippen molar-refractivity contribution >= 4 is 17.8 Å². The van der Waals surface area contributed by atoms with E-state index in [9.17, 15) is 14.0 Å². The van der Waals surface area contributed by atoms with Crippen LogP contribution in [0.15, 0.2) is 42.5 Å². The summed E-state index contributed by atoms with van der Waals surface area (Å²) in [5.74, 6) is 0.736. The molecule has 1 aromatic heterocycles. The van der Waals surface area contributed by atoms with Gasteiger partial charge in [-0.2, -0.15) is 4.98 Å². The Morgan fingerprint density at radius 1 is 1.18 bits per heavy atom. The predicted molar refractivity (Wildman–Crippen MR) is 123 cm³/mol. The number of nitrogens with one attached hydrogen (secondary N) is 2. The van der Waals surface area contributed by atoms with Gasteiger partial charge >= 0.3 is 0 Å². The summed E-state index contributed by atoms with van der Waals surface area (Å²) in [6, 6.07) is 11.2. The zero-order chi connectivity index (χ0) is 24.1. The number of piperidine rings is 1. The molecule has 4 rings (SSSR count). The minimum Gasteiger partial charge on any atom is -0.497 e. The van der Waals surface area contributed by atoms with Crippen LogP contribution in [0, 0.1) is 11.7 Å². The third kappa shape index (κ3) is 5.33. The van der Waals surface area contributed by atoms with Gasteiger partial charge in [0.2, 0.25) is 17.8 Å². The Morgan fingerprint density at radius 3 is 2.71 bits per heavy atom. The summed E-state index contributed by atoms with van der Waals surface area (Å²) in [4.78, 5) is 31.6. The molecule has 2 amide bonds. The molecule has 0 saturated carbocycles. The van der Waals surface area contributed by atoms with Crippen molar-refractivity contribution in [1.29, 1.82) is 0 Å². The summed E-state index contributed by atoms with van der Waals surface area (Å²) in [5.41, 5.74) is 1.41. The van der Waals surface area contributed by atoms with Gasteiger partial charge in [0.1, 0.15) is 17.3 Å². The van der Waals surface area contributed by atoms with Crippen molar-refractivity contribution < 1.29 is 23.5 Å². The minimum absolute atomic E-state index is 0.0871. The lowest BCUT2D eigenvalue weighted by atomic mass is 9.96. The van der Waals surface area contributed by atoms with Crippen LogP contribution in [-0.2, 0) is 16.0 Å². The molecule has 0 bridgehead atoms. The van der Waals surface area contributed by atoms with Gasteiger partial charge in [0.15, 0.2) is 5.82 Å². The quantitative estimate of drug-likeness (QED) is 0.553. The number of ether oxygens (including phenoxy) is 2. The van der Waals surface area contributed by atoms with Gasteiger partial charge in [-0.05, 0) is 42.7 Å². The molecular weight excluding hydrogens is 441 g/mol. The first-order valence-electron chi connectivity index (χ1n) is 10.9. The molecule has 2 heterocycles. The zero-order valence-electron chi connectivity index (χ0n) is 19.0. The molecule has 0 radical (unpaired) electrons. The number of aromatic amines is 1. The van der Waals surface area contributed by atoms with Gasteiger partial charge in [0, 0.05) is 19.2 Å². The molecule has 178 valence electrons. The number of anilines is 1. The van der Waals surface area contributed by atoms with Crippen molar-refractivity contribution in [3.8, 4) is 22.9 Å². The van der Waals surface area contributed by atoms with E-state index in [4.69, 9.17) is 9.47 Å². The highest BCUT2D eigenvalue weighted by Gasteiger charge is 2.29. The van der Waals surface area contributed by atoms with E-state index in [0.717, 1.165) is 12.0 Å². The molecular formula is C24H26FN5O4. The van der Waals surface area contributed by atoms with E-state index in [1.54, 1.807) is 49.5 Å². The van der Waals surface area contributed by atoms with Crippen LogP contribution in [0.3, 0.4) is 0 Å². The number of halogens is 1. The average Bonchev–Trinajstić information content (AvgIpc) is 3.33. The van der Waals surface area contributed by atoms with Gasteiger partial charge in [-0.1, -0.05) is 12.1 Å². The van der Waals surface area contributed by atoms with Crippen LogP contribution in [-0.4, -0.2) is 59.2 Å². The fraction of sp³-hybridized carbons (Fsp3) is 0.333. The van der Waals surface area contributed by atoms with Crippen LogP contribution in [0.2, 0.25) is 0 Å². The Kier molecular flexibility index (Phi) is 7.05. The molecule has 0 aliphatic carbocycles. The normalized spacial score (nSPS) is 15.6. The van der Waals surface area contributed by atoms with Gasteiger partial charge in [-0.15, -0.1) is 5.10 Å². The highest BCUT2D eigenvalue weighted by atomic mass is 19.1. The number of methoxy groups -OCH3 is 2. The van der Waals surface area contributed by atoms with Crippen molar-refractivity contribution in [3.63, 3.8) is 0 Å². The van der Waals surface area contributed by atoms with E-state index < -0.39 is 0 Å². The largest absolute Gasteiger partial charge is 0.497 e. The maximum atomic E-state index is 13.1. The SMILES string of the molecule is COc1ccc(-c2nc(NC(=O)C3CCCN(C(=O)Cc4ccc(F)cc4)C3)n[nH]2)c(OC)c1. The fourth-order valence-electron chi connectivity index (χ4n) is 3.95. The molecule has 34 heavy (non-hydrogen) atoms. The van der Waals surface area contributed by atoms with E-state index >= 15 is 0 Å². The number of carbonyl (C=O) groups excluding carboxylic acids is 2. The number of hydrogen-bond acceptors (Lipinski definition) is 6. The van der Waals surface area contributed by atoms with Crippen LogP contribution in [0.1, 0.15) is 18.4 Å². The number of rotatable bonds is 7. The Bertz CT molecular complexity index is 1160. The van der Waals surface area contributed by atoms with Gasteiger partial charge in [0.05, 0.1) is 32.1 Å². The number of aromatic nitrogens is 3. The molecule has 1 fully saturated rings. The highest BCUT2D eigenvalue weighted by molar-refractivity contribution is 5.92.